The van der Waals surface area contributed by atoms with E-state index >= 15 is 0 Å². The second-order valence-electron chi connectivity index (χ2n) is 6.53. The minimum Gasteiger partial charge on any atom is -0.390 e. The van der Waals surface area contributed by atoms with Crippen LogP contribution in [0.1, 0.15) is 60.8 Å². The third-order valence-electron chi connectivity index (χ3n) is 2.38. The molecule has 0 aromatic carbocycles. The van der Waals surface area contributed by atoms with Gasteiger partial charge in [-0.1, -0.05) is 13.8 Å². The highest BCUT2D eigenvalue weighted by atomic mass is 16.3. The summed E-state index contributed by atoms with van der Waals surface area (Å²) in [5.74, 6) is 1.00. The molecule has 0 unspecified atom stereocenters. The van der Waals surface area contributed by atoms with Crippen LogP contribution in [0.4, 0.5) is 0 Å². The first kappa shape index (κ1) is 14.9. The zero-order valence-corrected chi connectivity index (χ0v) is 11.2. The fourth-order valence-electron chi connectivity index (χ4n) is 2.32. The molecular weight excluding hydrogens is 188 g/mol. The van der Waals surface area contributed by atoms with Gasteiger partial charge in [-0.25, -0.2) is 0 Å². The molecule has 2 N–H and O–H groups in total. The molecule has 0 radical (unpaired) electrons. The lowest BCUT2D eigenvalue weighted by atomic mass is 9.81. The second kappa shape index (κ2) is 5.31. The van der Waals surface area contributed by atoms with Crippen LogP contribution in [-0.4, -0.2) is 21.4 Å². The third-order valence-corrected chi connectivity index (χ3v) is 2.38. The lowest BCUT2D eigenvalue weighted by Crippen LogP contribution is -2.30. The summed E-state index contributed by atoms with van der Waals surface area (Å²) >= 11 is 0. The van der Waals surface area contributed by atoms with Crippen LogP contribution in [0.2, 0.25) is 0 Å². The molecule has 2 nitrogen and oxygen atoms in total. The fourth-order valence-corrected chi connectivity index (χ4v) is 2.32. The van der Waals surface area contributed by atoms with Crippen molar-refractivity contribution in [1.29, 1.82) is 0 Å². The molecule has 2 heteroatoms. The number of aliphatic hydroxyl groups is 2. The van der Waals surface area contributed by atoms with E-state index in [2.05, 4.69) is 13.8 Å². The van der Waals surface area contributed by atoms with Crippen LogP contribution in [0.3, 0.4) is 0 Å². The van der Waals surface area contributed by atoms with Crippen molar-refractivity contribution < 1.29 is 10.2 Å². The molecular formula is C13H28O2. The molecule has 0 amide bonds. The topological polar surface area (TPSA) is 40.5 Å². The van der Waals surface area contributed by atoms with E-state index in [9.17, 15) is 10.2 Å². The summed E-state index contributed by atoms with van der Waals surface area (Å²) in [6, 6.07) is 0. The molecule has 0 heterocycles. The van der Waals surface area contributed by atoms with Gasteiger partial charge in [-0.05, 0) is 58.8 Å². The first-order valence-electron chi connectivity index (χ1n) is 5.94. The smallest absolute Gasteiger partial charge is 0.0594 e. The number of hydrogen-bond donors (Lipinski definition) is 2. The molecule has 0 aromatic rings. The Balaban J connectivity index is 4.32. The van der Waals surface area contributed by atoms with E-state index < -0.39 is 11.2 Å². The van der Waals surface area contributed by atoms with Crippen molar-refractivity contribution >= 4 is 0 Å². The maximum atomic E-state index is 9.82. The zero-order chi connectivity index (χ0) is 12.3. The first-order valence-corrected chi connectivity index (χ1v) is 5.94. The summed E-state index contributed by atoms with van der Waals surface area (Å²) in [6.45, 7) is 11.7. The Morgan fingerprint density at radius 3 is 1.40 bits per heavy atom. The van der Waals surface area contributed by atoms with Gasteiger partial charge >= 0.3 is 0 Å². The van der Waals surface area contributed by atoms with Crippen molar-refractivity contribution in [2.75, 3.05) is 0 Å². The molecule has 0 fully saturated rings. The summed E-state index contributed by atoms with van der Waals surface area (Å²) in [5.41, 5.74) is -1.27. The second-order valence-corrected chi connectivity index (χ2v) is 6.53. The maximum Gasteiger partial charge on any atom is 0.0594 e. The molecule has 0 bridgehead atoms. The Morgan fingerprint density at radius 1 is 0.867 bits per heavy atom. The van der Waals surface area contributed by atoms with E-state index in [0.717, 1.165) is 19.3 Å². The van der Waals surface area contributed by atoms with Crippen LogP contribution in [0.25, 0.3) is 0 Å². The van der Waals surface area contributed by atoms with Crippen molar-refractivity contribution in [3.63, 3.8) is 0 Å². The van der Waals surface area contributed by atoms with E-state index in [4.69, 9.17) is 0 Å². The minimum atomic E-state index is -0.634. The van der Waals surface area contributed by atoms with Gasteiger partial charge in [0.15, 0.2) is 0 Å². The van der Waals surface area contributed by atoms with Crippen LogP contribution in [0.15, 0.2) is 0 Å². The Morgan fingerprint density at radius 2 is 1.20 bits per heavy atom. The fraction of sp³-hybridized carbons (Fsp3) is 1.00. The number of hydrogen-bond acceptors (Lipinski definition) is 2. The largest absolute Gasteiger partial charge is 0.390 e. The van der Waals surface area contributed by atoms with Crippen LogP contribution >= 0.6 is 0 Å². The summed E-state index contributed by atoms with van der Waals surface area (Å²) in [5, 5.41) is 19.6. The molecule has 0 aliphatic rings. The Kier molecular flexibility index (Phi) is 5.28. The summed E-state index contributed by atoms with van der Waals surface area (Å²) in [4.78, 5) is 0. The van der Waals surface area contributed by atoms with Gasteiger partial charge in [0.25, 0.3) is 0 Å². The maximum absolute atomic E-state index is 9.82. The molecule has 0 spiro atoms. The van der Waals surface area contributed by atoms with E-state index in [1.54, 1.807) is 0 Å². The molecule has 0 atom stereocenters. The zero-order valence-electron chi connectivity index (χ0n) is 11.2. The molecule has 0 saturated carbocycles. The predicted molar refractivity (Wildman–Crippen MR) is 64.8 cm³/mol. The van der Waals surface area contributed by atoms with Gasteiger partial charge in [-0.15, -0.1) is 0 Å². The molecule has 0 saturated heterocycles. The van der Waals surface area contributed by atoms with Gasteiger partial charge in [-0.3, -0.25) is 0 Å². The van der Waals surface area contributed by atoms with Crippen molar-refractivity contribution in [1.82, 2.24) is 0 Å². The van der Waals surface area contributed by atoms with E-state index in [0.29, 0.717) is 11.8 Å². The van der Waals surface area contributed by atoms with E-state index in [1.165, 1.54) is 0 Å². The minimum absolute atomic E-state index is 0.394. The Bertz CT molecular complexity index is 156. The van der Waals surface area contributed by atoms with Gasteiger partial charge in [0.1, 0.15) is 0 Å². The number of rotatable bonds is 6. The van der Waals surface area contributed by atoms with Crippen molar-refractivity contribution in [3.05, 3.63) is 0 Å². The molecule has 0 aliphatic carbocycles. The molecule has 0 aliphatic heterocycles. The highest BCUT2D eigenvalue weighted by Crippen LogP contribution is 2.29. The third kappa shape index (κ3) is 10.2. The molecule has 0 aromatic heterocycles. The predicted octanol–water partition coefficient (Wildman–Crippen LogP) is 2.97. The average molecular weight is 216 g/mol. The van der Waals surface area contributed by atoms with Crippen LogP contribution in [-0.2, 0) is 0 Å². The highest BCUT2D eigenvalue weighted by molar-refractivity contribution is 4.78. The highest BCUT2D eigenvalue weighted by Gasteiger charge is 2.26. The van der Waals surface area contributed by atoms with Crippen molar-refractivity contribution in [3.8, 4) is 0 Å². The molecule has 15 heavy (non-hydrogen) atoms. The Hall–Kier alpha value is -0.0800. The van der Waals surface area contributed by atoms with Crippen LogP contribution in [0.5, 0.6) is 0 Å². The van der Waals surface area contributed by atoms with Crippen molar-refractivity contribution in [2.24, 2.45) is 11.8 Å². The molecule has 92 valence electrons. The monoisotopic (exact) mass is 216 g/mol. The standard InChI is InChI=1S/C13H28O2/c1-10(2)7-11(8-12(3,4)14)9-13(5,6)15/h10-11,14-15H,7-9H2,1-6H3. The van der Waals surface area contributed by atoms with Gasteiger partial charge in [-0.2, -0.15) is 0 Å². The summed E-state index contributed by atoms with van der Waals surface area (Å²) < 4.78 is 0. The van der Waals surface area contributed by atoms with Gasteiger partial charge in [0, 0.05) is 0 Å². The van der Waals surface area contributed by atoms with Gasteiger partial charge in [0.2, 0.25) is 0 Å². The van der Waals surface area contributed by atoms with Crippen molar-refractivity contribution in [2.45, 2.75) is 72.0 Å². The average Bonchev–Trinajstić information content (AvgIpc) is 1.73. The SMILES string of the molecule is CC(C)CC(CC(C)(C)O)CC(C)(C)O. The Labute approximate surface area is 94.7 Å². The quantitative estimate of drug-likeness (QED) is 0.716. The van der Waals surface area contributed by atoms with Gasteiger partial charge < -0.3 is 10.2 Å². The van der Waals surface area contributed by atoms with E-state index in [-0.39, 0.29) is 0 Å². The van der Waals surface area contributed by atoms with Crippen LogP contribution in [0, 0.1) is 11.8 Å². The normalized spacial score (nSPS) is 14.0. The summed E-state index contributed by atoms with van der Waals surface area (Å²) in [6.07, 6.45) is 2.58. The van der Waals surface area contributed by atoms with E-state index in [1.807, 2.05) is 27.7 Å². The van der Waals surface area contributed by atoms with Crippen LogP contribution < -0.4 is 0 Å². The summed E-state index contributed by atoms with van der Waals surface area (Å²) in [7, 11) is 0. The first-order chi connectivity index (χ1) is 6.49. The lowest BCUT2D eigenvalue weighted by molar-refractivity contribution is 0.0102. The lowest BCUT2D eigenvalue weighted by Gasteiger charge is -2.30. The van der Waals surface area contributed by atoms with Gasteiger partial charge in [0.05, 0.1) is 11.2 Å². The molecule has 0 rings (SSSR count).